The maximum absolute atomic E-state index is 12.9. The summed E-state index contributed by atoms with van der Waals surface area (Å²) < 4.78 is 10.8. The third-order valence-corrected chi connectivity index (χ3v) is 4.95. The number of carbonyl (C=O) groups is 2. The number of nitrogens with zero attached hydrogens (tertiary/aromatic N) is 2. The molecule has 1 aliphatic heterocycles. The van der Waals surface area contributed by atoms with Gasteiger partial charge in [-0.3, -0.25) is 4.79 Å². The van der Waals surface area contributed by atoms with Gasteiger partial charge in [0.05, 0.1) is 49.8 Å². The van der Waals surface area contributed by atoms with E-state index in [-0.39, 0.29) is 31.2 Å². The van der Waals surface area contributed by atoms with Gasteiger partial charge in [0.1, 0.15) is 0 Å². The predicted octanol–water partition coefficient (Wildman–Crippen LogP) is 2.50. The molecule has 168 valence electrons. The van der Waals surface area contributed by atoms with Gasteiger partial charge in [0.2, 0.25) is 0 Å². The molecule has 2 rings (SSSR count). The van der Waals surface area contributed by atoms with E-state index in [4.69, 9.17) is 9.47 Å². The molecule has 1 aromatic carbocycles. The lowest BCUT2D eigenvalue weighted by Gasteiger charge is -2.24. The van der Waals surface area contributed by atoms with Crippen LogP contribution >= 0.6 is 0 Å². The van der Waals surface area contributed by atoms with E-state index in [1.165, 1.54) is 4.90 Å². The highest BCUT2D eigenvalue weighted by Crippen LogP contribution is 2.24. The van der Waals surface area contributed by atoms with Gasteiger partial charge in [0.25, 0.3) is 5.91 Å². The van der Waals surface area contributed by atoms with Crippen molar-refractivity contribution in [1.29, 1.82) is 0 Å². The molecule has 0 aromatic heterocycles. The molecule has 1 aliphatic rings. The summed E-state index contributed by atoms with van der Waals surface area (Å²) in [7, 11) is 1.60. The fourth-order valence-corrected chi connectivity index (χ4v) is 3.32. The number of hydrogen-bond acceptors (Lipinski definition) is 5. The molecule has 0 aliphatic carbocycles. The van der Waals surface area contributed by atoms with Gasteiger partial charge in [-0.05, 0) is 45.2 Å². The minimum absolute atomic E-state index is 0.0637. The number of aliphatic hydroxyl groups excluding tert-OH is 1. The molecule has 1 aromatic rings. The van der Waals surface area contributed by atoms with Crippen LogP contribution in [-0.2, 0) is 9.47 Å². The molecular weight excluding hydrogens is 386 g/mol. The standard InChI is InChI=1S/C22H35N3O5/c1-16(2)30-13-12-29-15-18(26)14-24(4)22(28)23-20-17(3)8-7-9-19(20)21(27)25-10-5-6-11-25/h7-9,16,18,26H,5-6,10-15H2,1-4H3,(H,23,28). The van der Waals surface area contributed by atoms with Crippen molar-refractivity contribution in [2.24, 2.45) is 0 Å². The van der Waals surface area contributed by atoms with Crippen molar-refractivity contribution < 1.29 is 24.2 Å². The van der Waals surface area contributed by atoms with Crippen LogP contribution in [0.15, 0.2) is 18.2 Å². The largest absolute Gasteiger partial charge is 0.389 e. The normalized spacial score (nSPS) is 14.8. The van der Waals surface area contributed by atoms with Crippen molar-refractivity contribution in [3.63, 3.8) is 0 Å². The van der Waals surface area contributed by atoms with Crippen molar-refractivity contribution >= 4 is 17.6 Å². The van der Waals surface area contributed by atoms with Crippen molar-refractivity contribution in [2.45, 2.75) is 45.8 Å². The second kappa shape index (κ2) is 11.9. The first-order valence-electron chi connectivity index (χ1n) is 10.6. The second-order valence-corrected chi connectivity index (χ2v) is 7.96. The number of benzene rings is 1. The van der Waals surface area contributed by atoms with Crippen LogP contribution in [0.3, 0.4) is 0 Å². The van der Waals surface area contributed by atoms with Crippen LogP contribution < -0.4 is 5.32 Å². The first-order chi connectivity index (χ1) is 14.3. The summed E-state index contributed by atoms with van der Waals surface area (Å²) in [4.78, 5) is 28.7. The smallest absolute Gasteiger partial charge is 0.321 e. The number of carbonyl (C=O) groups excluding carboxylic acids is 2. The van der Waals surface area contributed by atoms with Crippen molar-refractivity contribution in [3.05, 3.63) is 29.3 Å². The molecule has 30 heavy (non-hydrogen) atoms. The molecule has 1 unspecified atom stereocenters. The molecule has 0 radical (unpaired) electrons. The summed E-state index contributed by atoms with van der Waals surface area (Å²) in [6, 6.07) is 5.04. The van der Waals surface area contributed by atoms with Crippen LogP contribution in [0.25, 0.3) is 0 Å². The lowest BCUT2D eigenvalue weighted by Crippen LogP contribution is -2.39. The Morgan fingerprint density at radius 3 is 2.60 bits per heavy atom. The van der Waals surface area contributed by atoms with Gasteiger partial charge in [-0.15, -0.1) is 0 Å². The Balaban J connectivity index is 1.89. The molecule has 2 N–H and O–H groups in total. The maximum atomic E-state index is 12.9. The SMILES string of the molecule is Cc1cccc(C(=O)N2CCCC2)c1NC(=O)N(C)CC(O)COCCOC(C)C. The molecule has 1 atom stereocenters. The van der Waals surface area contributed by atoms with Gasteiger partial charge in [0, 0.05) is 20.1 Å². The molecule has 0 saturated carbocycles. The average Bonchev–Trinajstić information content (AvgIpc) is 3.23. The molecular formula is C22H35N3O5. The van der Waals surface area contributed by atoms with E-state index in [9.17, 15) is 14.7 Å². The van der Waals surface area contributed by atoms with E-state index in [0.717, 1.165) is 31.5 Å². The minimum atomic E-state index is -0.817. The third kappa shape index (κ3) is 7.27. The molecule has 3 amide bonds. The number of urea groups is 1. The number of ether oxygens (including phenoxy) is 2. The summed E-state index contributed by atoms with van der Waals surface area (Å²) in [5, 5.41) is 13.0. The van der Waals surface area contributed by atoms with E-state index >= 15 is 0 Å². The second-order valence-electron chi connectivity index (χ2n) is 7.96. The van der Waals surface area contributed by atoms with Crippen LogP contribution in [0.2, 0.25) is 0 Å². The number of nitrogens with one attached hydrogen (secondary N) is 1. The molecule has 1 heterocycles. The highest BCUT2D eigenvalue weighted by molar-refractivity contribution is 6.04. The number of anilines is 1. The highest BCUT2D eigenvalue weighted by Gasteiger charge is 2.24. The third-order valence-electron chi connectivity index (χ3n) is 4.95. The van der Waals surface area contributed by atoms with Crippen molar-refractivity contribution in [2.75, 3.05) is 51.8 Å². The van der Waals surface area contributed by atoms with E-state index < -0.39 is 6.10 Å². The topological polar surface area (TPSA) is 91.3 Å². The fraction of sp³-hybridized carbons (Fsp3) is 0.636. The number of aryl methyl sites for hydroxylation is 1. The predicted molar refractivity (Wildman–Crippen MR) is 116 cm³/mol. The van der Waals surface area contributed by atoms with Gasteiger partial charge in [-0.25, -0.2) is 4.79 Å². The number of likely N-dealkylation sites (tertiary alicyclic amines) is 1. The van der Waals surface area contributed by atoms with E-state index in [1.807, 2.05) is 37.8 Å². The zero-order valence-electron chi connectivity index (χ0n) is 18.5. The van der Waals surface area contributed by atoms with E-state index in [2.05, 4.69) is 5.32 Å². The first-order valence-corrected chi connectivity index (χ1v) is 10.6. The van der Waals surface area contributed by atoms with Gasteiger partial charge < -0.3 is 29.7 Å². The average molecular weight is 422 g/mol. The zero-order chi connectivity index (χ0) is 22.1. The molecule has 8 heteroatoms. The summed E-state index contributed by atoms with van der Waals surface area (Å²) in [5.41, 5.74) is 1.83. The molecule has 0 bridgehead atoms. The Hall–Kier alpha value is -2.16. The van der Waals surface area contributed by atoms with Gasteiger partial charge in [-0.1, -0.05) is 12.1 Å². The Morgan fingerprint density at radius 2 is 1.93 bits per heavy atom. The summed E-state index contributed by atoms with van der Waals surface area (Å²) >= 11 is 0. The monoisotopic (exact) mass is 421 g/mol. The summed E-state index contributed by atoms with van der Waals surface area (Å²) in [6.07, 6.45) is 1.33. The molecule has 0 spiro atoms. The van der Waals surface area contributed by atoms with Crippen LogP contribution in [0.1, 0.15) is 42.6 Å². The molecule has 8 nitrogen and oxygen atoms in total. The minimum Gasteiger partial charge on any atom is -0.389 e. The van der Waals surface area contributed by atoms with E-state index in [0.29, 0.717) is 24.5 Å². The summed E-state index contributed by atoms with van der Waals surface area (Å²) in [5.74, 6) is -0.0637. The number of likely N-dealkylation sites (N-methyl/N-ethyl adjacent to an activating group) is 1. The van der Waals surface area contributed by atoms with Crippen molar-refractivity contribution in [1.82, 2.24) is 9.80 Å². The number of rotatable bonds is 10. The Bertz CT molecular complexity index is 704. The Kier molecular flexibility index (Phi) is 9.55. The zero-order valence-corrected chi connectivity index (χ0v) is 18.5. The summed E-state index contributed by atoms with van der Waals surface area (Å²) in [6.45, 7) is 8.31. The first kappa shape index (κ1) is 24.1. The van der Waals surface area contributed by atoms with Gasteiger partial charge >= 0.3 is 6.03 Å². The van der Waals surface area contributed by atoms with Gasteiger partial charge in [-0.2, -0.15) is 0 Å². The highest BCUT2D eigenvalue weighted by atomic mass is 16.5. The van der Waals surface area contributed by atoms with Crippen molar-refractivity contribution in [3.8, 4) is 0 Å². The van der Waals surface area contributed by atoms with Crippen LogP contribution in [0.4, 0.5) is 10.5 Å². The number of amides is 3. The van der Waals surface area contributed by atoms with E-state index in [1.54, 1.807) is 13.1 Å². The van der Waals surface area contributed by atoms with Crippen LogP contribution in [0, 0.1) is 6.92 Å². The number of hydrogen-bond donors (Lipinski definition) is 2. The number of aliphatic hydroxyl groups is 1. The Morgan fingerprint density at radius 1 is 1.23 bits per heavy atom. The molecule has 1 saturated heterocycles. The quantitative estimate of drug-likeness (QED) is 0.567. The lowest BCUT2D eigenvalue weighted by molar-refractivity contribution is -0.0144. The maximum Gasteiger partial charge on any atom is 0.321 e. The van der Waals surface area contributed by atoms with Crippen LogP contribution in [-0.4, -0.2) is 85.6 Å². The lowest BCUT2D eigenvalue weighted by atomic mass is 10.1. The molecule has 1 fully saturated rings. The van der Waals surface area contributed by atoms with Gasteiger partial charge in [0.15, 0.2) is 0 Å². The number of para-hydroxylation sites is 1. The Labute approximate surface area is 179 Å². The fourth-order valence-electron chi connectivity index (χ4n) is 3.32. The van der Waals surface area contributed by atoms with Crippen LogP contribution in [0.5, 0.6) is 0 Å².